The number of nitrogens with zero attached hydrogens (tertiary/aromatic N) is 1. The van der Waals surface area contributed by atoms with Crippen LogP contribution in [0.15, 0.2) is 0 Å². The molecule has 0 bridgehead atoms. The molecule has 0 unspecified atom stereocenters. The van der Waals surface area contributed by atoms with Gasteiger partial charge in [-0.25, -0.2) is 4.79 Å². The summed E-state index contributed by atoms with van der Waals surface area (Å²) in [5.74, 6) is -0.401. The first-order valence-corrected chi connectivity index (χ1v) is 7.03. The van der Waals surface area contributed by atoms with Crippen molar-refractivity contribution >= 4 is 12.1 Å². The minimum atomic E-state index is -0.810. The maximum atomic E-state index is 12.1. The lowest BCUT2D eigenvalue weighted by molar-refractivity contribution is -0.140. The number of hydrogen-bond donors (Lipinski definition) is 1. The molecule has 2 saturated heterocycles. The Hall–Kier alpha value is -1.30. The highest BCUT2D eigenvalue weighted by atomic mass is 16.6. The van der Waals surface area contributed by atoms with Gasteiger partial charge in [-0.1, -0.05) is 0 Å². The lowest BCUT2D eigenvalue weighted by Crippen LogP contribution is -2.36. The van der Waals surface area contributed by atoms with E-state index >= 15 is 0 Å². The number of aliphatic carboxylic acids is 1. The number of amides is 1. The summed E-state index contributed by atoms with van der Waals surface area (Å²) in [6.45, 7) is 7.74. The molecule has 1 N–H and O–H groups in total. The average molecular weight is 285 g/mol. The molecule has 3 atom stereocenters. The zero-order chi connectivity index (χ0) is 14.9. The highest BCUT2D eigenvalue weighted by molar-refractivity contribution is 5.69. The summed E-state index contributed by atoms with van der Waals surface area (Å²) >= 11 is 0. The summed E-state index contributed by atoms with van der Waals surface area (Å²) in [7, 11) is 0. The van der Waals surface area contributed by atoms with Gasteiger partial charge in [-0.2, -0.15) is 0 Å². The first-order valence-electron chi connectivity index (χ1n) is 7.03. The van der Waals surface area contributed by atoms with Crippen molar-refractivity contribution in [2.75, 3.05) is 26.3 Å². The van der Waals surface area contributed by atoms with E-state index in [-0.39, 0.29) is 30.3 Å². The second-order valence-corrected chi connectivity index (χ2v) is 6.70. The van der Waals surface area contributed by atoms with Crippen LogP contribution in [0.2, 0.25) is 0 Å². The predicted molar refractivity (Wildman–Crippen MR) is 71.3 cm³/mol. The highest BCUT2D eigenvalue weighted by Crippen LogP contribution is 2.36. The van der Waals surface area contributed by atoms with Crippen molar-refractivity contribution in [1.82, 2.24) is 4.90 Å². The van der Waals surface area contributed by atoms with Gasteiger partial charge in [0.15, 0.2) is 0 Å². The van der Waals surface area contributed by atoms with E-state index in [0.717, 1.165) is 0 Å². The number of ether oxygens (including phenoxy) is 2. The monoisotopic (exact) mass is 285 g/mol. The smallest absolute Gasteiger partial charge is 0.410 e. The van der Waals surface area contributed by atoms with Crippen LogP contribution in [0.1, 0.15) is 27.2 Å². The molecule has 20 heavy (non-hydrogen) atoms. The fourth-order valence-electron chi connectivity index (χ4n) is 3.01. The Morgan fingerprint density at radius 2 is 2.00 bits per heavy atom. The third kappa shape index (κ3) is 3.62. The predicted octanol–water partition coefficient (Wildman–Crippen LogP) is 1.59. The largest absolute Gasteiger partial charge is 0.481 e. The number of carboxylic acids is 1. The molecule has 0 radical (unpaired) electrons. The minimum absolute atomic E-state index is 0.0151. The number of fused-ring (bicyclic) bond motifs is 1. The molecule has 0 spiro atoms. The van der Waals surface area contributed by atoms with Crippen molar-refractivity contribution in [2.45, 2.75) is 32.8 Å². The van der Waals surface area contributed by atoms with Crippen LogP contribution >= 0.6 is 0 Å². The van der Waals surface area contributed by atoms with E-state index < -0.39 is 11.6 Å². The molecule has 1 amide bonds. The van der Waals surface area contributed by atoms with Crippen LogP contribution in [0, 0.1) is 17.8 Å². The van der Waals surface area contributed by atoms with Gasteiger partial charge in [-0.15, -0.1) is 0 Å². The molecule has 2 rings (SSSR count). The second-order valence-electron chi connectivity index (χ2n) is 6.70. The summed E-state index contributed by atoms with van der Waals surface area (Å²) in [6.07, 6.45) is -0.218. The van der Waals surface area contributed by atoms with Crippen LogP contribution < -0.4 is 0 Å². The van der Waals surface area contributed by atoms with Crippen LogP contribution in [0.3, 0.4) is 0 Å². The van der Waals surface area contributed by atoms with Gasteiger partial charge < -0.3 is 19.5 Å². The number of likely N-dealkylation sites (tertiary alicyclic amines) is 1. The number of carbonyl (C=O) groups excluding carboxylic acids is 1. The fourth-order valence-corrected chi connectivity index (χ4v) is 3.01. The van der Waals surface area contributed by atoms with Gasteiger partial charge in [0.25, 0.3) is 0 Å². The summed E-state index contributed by atoms with van der Waals surface area (Å²) in [5.41, 5.74) is -0.512. The molecule has 2 aliphatic rings. The van der Waals surface area contributed by atoms with Gasteiger partial charge in [0, 0.05) is 19.0 Å². The van der Waals surface area contributed by atoms with Crippen molar-refractivity contribution in [1.29, 1.82) is 0 Å². The second kappa shape index (κ2) is 5.60. The van der Waals surface area contributed by atoms with Crippen molar-refractivity contribution in [2.24, 2.45) is 17.8 Å². The Kier molecular flexibility index (Phi) is 4.22. The fraction of sp³-hybridized carbons (Fsp3) is 0.857. The molecule has 2 heterocycles. The molecular weight excluding hydrogens is 262 g/mol. The number of rotatable bonds is 2. The molecule has 114 valence electrons. The van der Waals surface area contributed by atoms with Gasteiger partial charge in [0.05, 0.1) is 19.6 Å². The summed E-state index contributed by atoms with van der Waals surface area (Å²) in [5, 5.41) is 8.95. The van der Waals surface area contributed by atoms with Gasteiger partial charge in [-0.05, 0) is 32.6 Å². The van der Waals surface area contributed by atoms with Crippen LogP contribution in [-0.4, -0.2) is 54.0 Å². The highest BCUT2D eigenvalue weighted by Gasteiger charge is 2.43. The number of carboxylic acid groups (broad SMARTS) is 1. The Morgan fingerprint density at radius 3 is 2.60 bits per heavy atom. The molecule has 6 heteroatoms. The molecule has 0 aromatic heterocycles. The molecule has 2 fully saturated rings. The molecule has 2 aliphatic heterocycles. The molecular formula is C14H23NO5. The van der Waals surface area contributed by atoms with Crippen molar-refractivity contribution in [3.05, 3.63) is 0 Å². The number of carbonyl (C=O) groups is 2. The normalized spacial score (nSPS) is 29.9. The molecule has 0 aliphatic carbocycles. The van der Waals surface area contributed by atoms with Crippen molar-refractivity contribution in [3.8, 4) is 0 Å². The van der Waals surface area contributed by atoms with E-state index in [2.05, 4.69) is 0 Å². The SMILES string of the molecule is CC(C)(C)OC(=O)N1C[C@@H]2COC[C@@H](CC(=O)O)[C@@H]2C1. The third-order valence-electron chi connectivity index (χ3n) is 3.85. The Labute approximate surface area is 119 Å². The van der Waals surface area contributed by atoms with E-state index in [1.165, 1.54) is 0 Å². The van der Waals surface area contributed by atoms with Gasteiger partial charge in [0.1, 0.15) is 5.60 Å². The van der Waals surface area contributed by atoms with E-state index in [1.807, 2.05) is 20.8 Å². The van der Waals surface area contributed by atoms with Crippen LogP contribution in [0.25, 0.3) is 0 Å². The first kappa shape index (κ1) is 15.1. The van der Waals surface area contributed by atoms with E-state index in [1.54, 1.807) is 4.90 Å². The Morgan fingerprint density at radius 1 is 1.30 bits per heavy atom. The molecule has 0 saturated carbocycles. The minimum Gasteiger partial charge on any atom is -0.481 e. The van der Waals surface area contributed by atoms with Crippen LogP contribution in [-0.2, 0) is 14.3 Å². The van der Waals surface area contributed by atoms with E-state index in [0.29, 0.717) is 26.3 Å². The lowest BCUT2D eigenvalue weighted by atomic mass is 9.81. The summed E-state index contributed by atoms with van der Waals surface area (Å²) in [6, 6.07) is 0. The Balaban J connectivity index is 1.98. The maximum Gasteiger partial charge on any atom is 0.410 e. The van der Waals surface area contributed by atoms with Crippen molar-refractivity contribution < 1.29 is 24.2 Å². The summed E-state index contributed by atoms with van der Waals surface area (Å²) in [4.78, 5) is 24.7. The average Bonchev–Trinajstić information content (AvgIpc) is 2.70. The lowest BCUT2D eigenvalue weighted by Gasteiger charge is -2.31. The van der Waals surface area contributed by atoms with E-state index in [4.69, 9.17) is 14.6 Å². The molecule has 6 nitrogen and oxygen atoms in total. The summed E-state index contributed by atoms with van der Waals surface area (Å²) < 4.78 is 10.9. The topological polar surface area (TPSA) is 76.1 Å². The van der Waals surface area contributed by atoms with Crippen molar-refractivity contribution in [3.63, 3.8) is 0 Å². The van der Waals surface area contributed by atoms with Gasteiger partial charge in [0.2, 0.25) is 0 Å². The molecule has 0 aromatic carbocycles. The Bertz CT molecular complexity index is 390. The maximum absolute atomic E-state index is 12.1. The van der Waals surface area contributed by atoms with Crippen LogP contribution in [0.4, 0.5) is 4.79 Å². The zero-order valence-corrected chi connectivity index (χ0v) is 12.3. The van der Waals surface area contributed by atoms with Gasteiger partial charge >= 0.3 is 12.1 Å². The number of hydrogen-bond acceptors (Lipinski definition) is 4. The third-order valence-corrected chi connectivity index (χ3v) is 3.85. The molecule has 0 aromatic rings. The van der Waals surface area contributed by atoms with E-state index in [9.17, 15) is 9.59 Å². The zero-order valence-electron chi connectivity index (χ0n) is 12.3. The van der Waals surface area contributed by atoms with Crippen LogP contribution in [0.5, 0.6) is 0 Å². The first-order chi connectivity index (χ1) is 9.26. The van der Waals surface area contributed by atoms with Gasteiger partial charge in [-0.3, -0.25) is 4.79 Å². The standard InChI is InChI=1S/C14H23NO5/c1-14(2,3)20-13(18)15-5-10-8-19-7-9(4-12(16)17)11(10)6-15/h9-11H,4-8H2,1-3H3,(H,16,17)/t9-,10-,11+/m1/s1. The quantitative estimate of drug-likeness (QED) is 0.833.